The first-order valence-electron chi connectivity index (χ1n) is 3.98. The highest BCUT2D eigenvalue weighted by Gasteiger charge is 2.14. The predicted molar refractivity (Wildman–Crippen MR) is 53.2 cm³/mol. The number of methoxy groups -OCH3 is 1. The van der Waals surface area contributed by atoms with Gasteiger partial charge in [0.05, 0.1) is 12.7 Å². The maximum absolute atomic E-state index is 10.7. The van der Waals surface area contributed by atoms with E-state index < -0.39 is 0 Å². The largest absolute Gasteiger partial charge is 0.493 e. The maximum Gasteiger partial charge on any atom is 0.205 e. The quantitative estimate of drug-likeness (QED) is 0.716. The zero-order valence-corrected chi connectivity index (χ0v) is 8.17. The van der Waals surface area contributed by atoms with Gasteiger partial charge in [-0.25, -0.2) is 0 Å². The number of halogens is 1. The van der Waals surface area contributed by atoms with Crippen molar-refractivity contribution in [2.24, 2.45) is 0 Å². The van der Waals surface area contributed by atoms with Crippen molar-refractivity contribution in [2.75, 3.05) is 7.11 Å². The Kier molecular flexibility index (Phi) is 2.17. The number of fused-ring (bicyclic) bond motifs is 1. The molecule has 0 saturated heterocycles. The monoisotopic (exact) mass is 210 g/mol. The number of hydrogen-bond donors (Lipinski definition) is 0. The average molecular weight is 211 g/mol. The number of aldehydes is 1. The highest BCUT2D eigenvalue weighted by molar-refractivity contribution is 6.33. The molecule has 1 aromatic heterocycles. The van der Waals surface area contributed by atoms with Crippen LogP contribution >= 0.6 is 11.6 Å². The summed E-state index contributed by atoms with van der Waals surface area (Å²) in [6.07, 6.45) is 0.674. The third-order valence-electron chi connectivity index (χ3n) is 2.01. The van der Waals surface area contributed by atoms with Gasteiger partial charge in [-0.05, 0) is 17.7 Å². The van der Waals surface area contributed by atoms with Crippen molar-refractivity contribution < 1.29 is 13.9 Å². The first-order chi connectivity index (χ1) is 6.77. The molecule has 0 bridgehead atoms. The first-order valence-corrected chi connectivity index (χ1v) is 4.36. The van der Waals surface area contributed by atoms with Crippen LogP contribution in [0.1, 0.15) is 10.4 Å². The van der Waals surface area contributed by atoms with Crippen LogP contribution in [-0.4, -0.2) is 13.4 Å². The Morgan fingerprint density at radius 3 is 2.93 bits per heavy atom. The van der Waals surface area contributed by atoms with Crippen molar-refractivity contribution >= 4 is 28.9 Å². The smallest absolute Gasteiger partial charge is 0.205 e. The second-order valence-corrected chi connectivity index (χ2v) is 3.09. The number of furan rings is 1. The highest BCUT2D eigenvalue weighted by atomic mass is 35.5. The Hall–Kier alpha value is -1.48. The minimum Gasteiger partial charge on any atom is -0.493 e. The molecule has 1 aromatic carbocycles. The SMILES string of the molecule is COc1cccc2c(C=O)c(Cl)oc12. The fourth-order valence-electron chi connectivity index (χ4n) is 1.35. The molecule has 14 heavy (non-hydrogen) atoms. The molecule has 3 nitrogen and oxygen atoms in total. The molecule has 2 rings (SSSR count). The minimum absolute atomic E-state index is 0.0968. The number of ether oxygens (including phenoxy) is 1. The zero-order chi connectivity index (χ0) is 10.1. The van der Waals surface area contributed by atoms with E-state index >= 15 is 0 Å². The number of carbonyl (C=O) groups is 1. The van der Waals surface area contributed by atoms with Gasteiger partial charge < -0.3 is 9.15 Å². The summed E-state index contributed by atoms with van der Waals surface area (Å²) in [5, 5.41) is 0.767. The van der Waals surface area contributed by atoms with Gasteiger partial charge in [0.1, 0.15) is 0 Å². The lowest BCUT2D eigenvalue weighted by molar-refractivity contribution is 0.112. The lowest BCUT2D eigenvalue weighted by Gasteiger charge is -1.98. The van der Waals surface area contributed by atoms with Crippen molar-refractivity contribution in [1.29, 1.82) is 0 Å². The normalized spacial score (nSPS) is 10.4. The van der Waals surface area contributed by atoms with Gasteiger partial charge in [0, 0.05) is 5.39 Å². The molecule has 0 unspecified atom stereocenters. The molecule has 1 heterocycles. The zero-order valence-electron chi connectivity index (χ0n) is 7.41. The molecule has 72 valence electrons. The summed E-state index contributed by atoms with van der Waals surface area (Å²) in [7, 11) is 1.53. The molecule has 2 aromatic rings. The van der Waals surface area contributed by atoms with E-state index in [1.807, 2.05) is 0 Å². The van der Waals surface area contributed by atoms with E-state index in [1.54, 1.807) is 18.2 Å². The Bertz CT molecular complexity index is 487. The van der Waals surface area contributed by atoms with E-state index in [0.29, 0.717) is 28.6 Å². The predicted octanol–water partition coefficient (Wildman–Crippen LogP) is 2.91. The average Bonchev–Trinajstić information content (AvgIpc) is 2.52. The molecule has 0 amide bonds. The van der Waals surface area contributed by atoms with Gasteiger partial charge in [-0.3, -0.25) is 4.79 Å². The summed E-state index contributed by atoms with van der Waals surface area (Å²) in [6, 6.07) is 5.29. The standard InChI is InChI=1S/C10H7ClO3/c1-13-8-4-2-3-6-7(5-12)10(11)14-9(6)8/h2-5H,1H3. The molecular formula is C10H7ClO3. The Balaban J connectivity index is 2.85. The molecular weight excluding hydrogens is 204 g/mol. The van der Waals surface area contributed by atoms with Crippen molar-refractivity contribution in [1.82, 2.24) is 0 Å². The van der Waals surface area contributed by atoms with Gasteiger partial charge in [-0.15, -0.1) is 0 Å². The lowest BCUT2D eigenvalue weighted by atomic mass is 10.2. The molecule has 0 N–H and O–H groups in total. The molecule has 4 heteroatoms. The number of hydrogen-bond acceptors (Lipinski definition) is 3. The van der Waals surface area contributed by atoms with Crippen LogP contribution in [0.4, 0.5) is 0 Å². The third kappa shape index (κ3) is 1.17. The topological polar surface area (TPSA) is 39.4 Å². The van der Waals surface area contributed by atoms with Crippen molar-refractivity contribution in [2.45, 2.75) is 0 Å². The maximum atomic E-state index is 10.7. The molecule has 0 aliphatic rings. The summed E-state index contributed by atoms with van der Waals surface area (Å²) in [4.78, 5) is 10.7. The lowest BCUT2D eigenvalue weighted by Crippen LogP contribution is -1.82. The molecule has 0 aliphatic carbocycles. The number of carbonyl (C=O) groups excluding carboxylic acids is 1. The molecule has 0 fully saturated rings. The van der Waals surface area contributed by atoms with Gasteiger partial charge in [0.25, 0.3) is 0 Å². The molecule has 0 aliphatic heterocycles. The second-order valence-electron chi connectivity index (χ2n) is 2.74. The molecule has 0 spiro atoms. The van der Waals surface area contributed by atoms with Gasteiger partial charge in [0.15, 0.2) is 17.6 Å². The fourth-order valence-corrected chi connectivity index (χ4v) is 1.58. The van der Waals surface area contributed by atoms with Crippen LogP contribution in [0.25, 0.3) is 11.0 Å². The van der Waals surface area contributed by atoms with E-state index in [2.05, 4.69) is 0 Å². The summed E-state index contributed by atoms with van der Waals surface area (Å²) in [6.45, 7) is 0. The van der Waals surface area contributed by atoms with E-state index in [0.717, 1.165) is 0 Å². The fraction of sp³-hybridized carbons (Fsp3) is 0.100. The Morgan fingerprint density at radius 2 is 2.29 bits per heavy atom. The van der Waals surface area contributed by atoms with E-state index in [4.69, 9.17) is 20.8 Å². The van der Waals surface area contributed by atoms with Crippen LogP contribution in [-0.2, 0) is 0 Å². The van der Waals surface area contributed by atoms with Crippen molar-refractivity contribution in [3.05, 3.63) is 29.0 Å². The van der Waals surface area contributed by atoms with Crippen LogP contribution < -0.4 is 4.74 Å². The van der Waals surface area contributed by atoms with Crippen LogP contribution in [0.15, 0.2) is 22.6 Å². The number of para-hydroxylation sites is 1. The molecule has 0 radical (unpaired) electrons. The van der Waals surface area contributed by atoms with Gasteiger partial charge in [0.2, 0.25) is 5.22 Å². The molecule has 0 saturated carbocycles. The summed E-state index contributed by atoms with van der Waals surface area (Å²) in [5.41, 5.74) is 0.864. The van der Waals surface area contributed by atoms with Gasteiger partial charge >= 0.3 is 0 Å². The van der Waals surface area contributed by atoms with Crippen LogP contribution in [0, 0.1) is 0 Å². The minimum atomic E-state index is 0.0968. The van der Waals surface area contributed by atoms with Crippen molar-refractivity contribution in [3.8, 4) is 5.75 Å². The van der Waals surface area contributed by atoms with Crippen molar-refractivity contribution in [3.63, 3.8) is 0 Å². The third-order valence-corrected chi connectivity index (χ3v) is 2.29. The Labute approximate surface area is 85.2 Å². The first kappa shape index (κ1) is 9.09. The number of rotatable bonds is 2. The van der Waals surface area contributed by atoms with E-state index in [9.17, 15) is 4.79 Å². The van der Waals surface area contributed by atoms with Gasteiger partial charge in [-0.1, -0.05) is 12.1 Å². The number of benzene rings is 1. The van der Waals surface area contributed by atoms with Crippen LogP contribution in [0.2, 0.25) is 5.22 Å². The molecule has 0 atom stereocenters. The van der Waals surface area contributed by atoms with E-state index in [-0.39, 0.29) is 5.22 Å². The van der Waals surface area contributed by atoms with Crippen LogP contribution in [0.5, 0.6) is 5.75 Å². The van der Waals surface area contributed by atoms with E-state index in [1.165, 1.54) is 7.11 Å². The summed E-state index contributed by atoms with van der Waals surface area (Å²) < 4.78 is 10.3. The summed E-state index contributed by atoms with van der Waals surface area (Å²) >= 11 is 5.74. The second kappa shape index (κ2) is 3.35. The van der Waals surface area contributed by atoms with Crippen LogP contribution in [0.3, 0.4) is 0 Å². The highest BCUT2D eigenvalue weighted by Crippen LogP contribution is 2.33. The van der Waals surface area contributed by atoms with Gasteiger partial charge in [-0.2, -0.15) is 0 Å². The summed E-state index contributed by atoms with van der Waals surface area (Å²) in [5.74, 6) is 0.567. The Morgan fingerprint density at radius 1 is 1.50 bits per heavy atom.